The second kappa shape index (κ2) is 5.91. The summed E-state index contributed by atoms with van der Waals surface area (Å²) in [6.07, 6.45) is 7.04. The van der Waals surface area contributed by atoms with E-state index in [1.807, 2.05) is 0 Å². The molecule has 1 N–H and O–H groups in total. The first kappa shape index (κ1) is 12.6. The summed E-state index contributed by atoms with van der Waals surface area (Å²) < 4.78 is 29.5. The third-order valence-electron chi connectivity index (χ3n) is 6.52. The van der Waals surface area contributed by atoms with Crippen LogP contribution in [0.25, 0.3) is 0 Å². The van der Waals surface area contributed by atoms with Gasteiger partial charge in [-0.15, -0.1) is 0 Å². The number of nitrogens with one attached hydrogen (secondary N) is 1. The van der Waals surface area contributed by atoms with Crippen molar-refractivity contribution < 1.29 is 8.85 Å². The fourth-order valence-corrected chi connectivity index (χ4v) is 6.99. The minimum Gasteiger partial charge on any atom is -0.472 e. The fourth-order valence-electron chi connectivity index (χ4n) is 5.33. The zero-order chi connectivity index (χ0) is 18.8. The lowest BCUT2D eigenvalue weighted by atomic mass is 9.75. The van der Waals surface area contributed by atoms with Crippen molar-refractivity contribution in [2.24, 2.45) is 22.7 Å². The van der Waals surface area contributed by atoms with E-state index in [-0.39, 0.29) is 6.23 Å². The van der Waals surface area contributed by atoms with E-state index in [1.54, 1.807) is 5.57 Å². The van der Waals surface area contributed by atoms with Crippen LogP contribution in [-0.4, -0.2) is 35.5 Å². The topological polar surface area (TPSA) is 33.6 Å². The van der Waals surface area contributed by atoms with Gasteiger partial charge in [-0.1, -0.05) is 18.6 Å². The Morgan fingerprint density at radius 2 is 2.33 bits per heavy atom. The summed E-state index contributed by atoms with van der Waals surface area (Å²) >= 11 is 2.08. The second-order valence-corrected chi connectivity index (χ2v) is 9.09. The molecule has 4 aliphatic heterocycles. The summed E-state index contributed by atoms with van der Waals surface area (Å²) in [5.74, 6) is 3.83. The van der Waals surface area contributed by atoms with E-state index in [4.69, 9.17) is 8.85 Å². The maximum absolute atomic E-state index is 7.70. The molecule has 0 spiro atoms. The average Bonchev–Trinajstić information content (AvgIpc) is 3.21. The van der Waals surface area contributed by atoms with Gasteiger partial charge in [0.1, 0.15) is 5.76 Å². The minimum atomic E-state index is -2.08. The van der Waals surface area contributed by atoms with Crippen LogP contribution in [0, 0.1) is 17.8 Å². The molecule has 0 radical (unpaired) electrons. The van der Waals surface area contributed by atoms with E-state index in [0.29, 0.717) is 41.2 Å². The van der Waals surface area contributed by atoms with Crippen LogP contribution >= 0.6 is 11.8 Å². The lowest BCUT2D eigenvalue weighted by Gasteiger charge is -2.35. The maximum Gasteiger partial charge on any atom is 0.192 e. The first-order chi connectivity index (χ1) is 12.9. The number of ether oxygens (including phenoxy) is 1. The van der Waals surface area contributed by atoms with Crippen molar-refractivity contribution in [3.63, 3.8) is 0 Å². The zero-order valence-corrected chi connectivity index (χ0v) is 15.1. The second-order valence-electron chi connectivity index (χ2n) is 7.92. The van der Waals surface area contributed by atoms with Gasteiger partial charge >= 0.3 is 0 Å². The van der Waals surface area contributed by atoms with E-state index in [2.05, 4.69) is 35.1 Å². The SMILES string of the molecule is [2H]C([2H])([2H])C1=NC2OC3=C([C@@H]4NCC=C5[C@H](C)CS[C@@H]54)CCC[C@H]3C2CC1. The quantitative estimate of drug-likeness (QED) is 0.730. The molecule has 0 amide bonds. The standard InChI is InChI=1S/C20H28N2OS/c1-11-10-24-19-13(11)8-9-21-17(19)16-5-3-4-14-15-7-6-12(2)22-20(15)23-18(14)16/h8,11,14-15,17,19-21H,3-7,9-10H2,1-2H3/t11-,14+,15?,17+,19+,20?/m1/s1/i2D3. The van der Waals surface area contributed by atoms with Crippen molar-refractivity contribution in [1.82, 2.24) is 5.32 Å². The molecule has 5 aliphatic rings. The minimum absolute atomic E-state index is 0.281. The van der Waals surface area contributed by atoms with Crippen molar-refractivity contribution >= 4 is 17.5 Å². The van der Waals surface area contributed by atoms with Crippen LogP contribution in [0.2, 0.25) is 0 Å². The molecule has 0 saturated carbocycles. The lowest BCUT2D eigenvalue weighted by molar-refractivity contribution is 0.128. The summed E-state index contributed by atoms with van der Waals surface area (Å²) in [4.78, 5) is 4.56. The van der Waals surface area contributed by atoms with Gasteiger partial charge in [0.25, 0.3) is 0 Å². The molecule has 4 heteroatoms. The highest BCUT2D eigenvalue weighted by atomic mass is 32.2. The van der Waals surface area contributed by atoms with Crippen molar-refractivity contribution in [2.75, 3.05) is 12.3 Å². The molecule has 2 fully saturated rings. The molecular weight excluding hydrogens is 316 g/mol. The predicted octanol–water partition coefficient (Wildman–Crippen LogP) is 3.92. The number of aliphatic imine (C=N–C) groups is 1. The molecular formula is C20H28N2OS. The first-order valence-electron chi connectivity index (χ1n) is 10.9. The highest BCUT2D eigenvalue weighted by molar-refractivity contribution is 8.00. The van der Waals surface area contributed by atoms with Crippen LogP contribution in [0.3, 0.4) is 0 Å². The molecule has 0 aromatic heterocycles. The zero-order valence-electron chi connectivity index (χ0n) is 17.3. The summed E-state index contributed by atoms with van der Waals surface area (Å²) in [5.41, 5.74) is 3.41. The normalized spacial score (nSPS) is 46.6. The largest absolute Gasteiger partial charge is 0.472 e. The van der Waals surface area contributed by atoms with Crippen LogP contribution in [0.1, 0.15) is 50.0 Å². The van der Waals surface area contributed by atoms with Gasteiger partial charge in [0.05, 0.1) is 0 Å². The number of thioether (sulfide) groups is 1. The first-order valence-corrected chi connectivity index (χ1v) is 10.5. The van der Waals surface area contributed by atoms with E-state index in [9.17, 15) is 0 Å². The molecule has 6 atom stereocenters. The van der Waals surface area contributed by atoms with Gasteiger partial charge in [-0.05, 0) is 50.4 Å². The molecule has 2 unspecified atom stereocenters. The summed E-state index contributed by atoms with van der Waals surface area (Å²) in [6.45, 7) is 1.20. The molecule has 0 bridgehead atoms. The summed E-state index contributed by atoms with van der Waals surface area (Å²) in [5, 5.41) is 4.28. The lowest BCUT2D eigenvalue weighted by Crippen LogP contribution is -2.44. The van der Waals surface area contributed by atoms with Crippen molar-refractivity contribution in [2.45, 2.75) is 63.4 Å². The van der Waals surface area contributed by atoms with E-state index in [1.165, 1.54) is 17.7 Å². The molecule has 24 heavy (non-hydrogen) atoms. The smallest absolute Gasteiger partial charge is 0.192 e. The van der Waals surface area contributed by atoms with Crippen molar-refractivity contribution in [1.29, 1.82) is 0 Å². The Labute approximate surface area is 153 Å². The molecule has 0 aromatic rings. The number of hydrogen-bond donors (Lipinski definition) is 1. The van der Waals surface area contributed by atoms with Gasteiger partial charge in [0, 0.05) is 45.2 Å². The van der Waals surface area contributed by atoms with E-state index >= 15 is 0 Å². The Bertz CT molecular complexity index is 729. The molecule has 2 saturated heterocycles. The number of rotatable bonds is 1. The number of hydrogen-bond acceptors (Lipinski definition) is 4. The van der Waals surface area contributed by atoms with E-state index in [0.717, 1.165) is 31.6 Å². The van der Waals surface area contributed by atoms with Gasteiger partial charge in [-0.25, -0.2) is 0 Å². The highest BCUT2D eigenvalue weighted by Gasteiger charge is 2.48. The molecule has 1 aliphatic carbocycles. The monoisotopic (exact) mass is 347 g/mol. The Hall–Kier alpha value is -0.740. The Kier molecular flexibility index (Phi) is 3.10. The van der Waals surface area contributed by atoms with Crippen LogP contribution in [0.15, 0.2) is 28.0 Å². The Morgan fingerprint density at radius 3 is 3.25 bits per heavy atom. The predicted molar refractivity (Wildman–Crippen MR) is 100 cm³/mol. The van der Waals surface area contributed by atoms with Crippen molar-refractivity contribution in [3.8, 4) is 0 Å². The number of nitrogens with zero attached hydrogens (tertiary/aromatic N) is 1. The van der Waals surface area contributed by atoms with Gasteiger partial charge in [-0.2, -0.15) is 11.8 Å². The molecule has 4 heterocycles. The molecule has 3 nitrogen and oxygen atoms in total. The third-order valence-corrected chi connectivity index (χ3v) is 8.12. The fraction of sp³-hybridized carbons (Fsp3) is 0.750. The number of fused-ring (bicyclic) bond motifs is 4. The summed E-state index contributed by atoms with van der Waals surface area (Å²) in [7, 11) is 0. The van der Waals surface area contributed by atoms with Crippen LogP contribution in [0.4, 0.5) is 0 Å². The Balaban J connectivity index is 1.47. The third kappa shape index (κ3) is 2.33. The van der Waals surface area contributed by atoms with Crippen LogP contribution < -0.4 is 5.32 Å². The van der Waals surface area contributed by atoms with Gasteiger partial charge in [0.2, 0.25) is 0 Å². The van der Waals surface area contributed by atoms with E-state index < -0.39 is 6.85 Å². The van der Waals surface area contributed by atoms with Gasteiger partial charge < -0.3 is 10.1 Å². The van der Waals surface area contributed by atoms with Crippen molar-refractivity contribution in [3.05, 3.63) is 23.0 Å². The molecule has 130 valence electrons. The molecule has 5 rings (SSSR count). The average molecular weight is 348 g/mol. The summed E-state index contributed by atoms with van der Waals surface area (Å²) in [6, 6.07) is 0.365. The Morgan fingerprint density at radius 1 is 1.38 bits per heavy atom. The molecule has 0 aromatic carbocycles. The highest BCUT2D eigenvalue weighted by Crippen LogP contribution is 2.51. The van der Waals surface area contributed by atoms with Gasteiger partial charge in [0.15, 0.2) is 6.23 Å². The maximum atomic E-state index is 7.70. The van der Waals surface area contributed by atoms with Crippen LogP contribution in [-0.2, 0) is 4.74 Å². The van der Waals surface area contributed by atoms with Gasteiger partial charge in [-0.3, -0.25) is 4.99 Å². The van der Waals surface area contributed by atoms with Crippen LogP contribution in [0.5, 0.6) is 0 Å². The number of allylic oxidation sites excluding steroid dienone is 1.